The number of carbonyl (C=O) groups excluding carboxylic acids is 1. The van der Waals surface area contributed by atoms with Gasteiger partial charge in [-0.2, -0.15) is 0 Å². The molecule has 0 bridgehead atoms. The summed E-state index contributed by atoms with van der Waals surface area (Å²) in [6.07, 6.45) is 3.41. The molecule has 0 spiro atoms. The number of hydrogen-bond acceptors (Lipinski definition) is 8. The number of ether oxygens (including phenoxy) is 1. The zero-order chi connectivity index (χ0) is 23.1. The van der Waals surface area contributed by atoms with Crippen LogP contribution in [0, 0.1) is 6.92 Å². The van der Waals surface area contributed by atoms with Gasteiger partial charge in [0.25, 0.3) is 5.91 Å². The van der Waals surface area contributed by atoms with Gasteiger partial charge in [-0.15, -0.1) is 0 Å². The van der Waals surface area contributed by atoms with Crippen LogP contribution in [0.2, 0.25) is 0 Å². The van der Waals surface area contributed by atoms with Gasteiger partial charge in [-0.25, -0.2) is 13.4 Å². The van der Waals surface area contributed by atoms with E-state index in [1.54, 1.807) is 42.4 Å². The van der Waals surface area contributed by atoms with E-state index in [2.05, 4.69) is 10.1 Å². The van der Waals surface area contributed by atoms with Crippen molar-refractivity contribution in [1.29, 1.82) is 0 Å². The van der Waals surface area contributed by atoms with E-state index in [-0.39, 0.29) is 10.8 Å². The first-order chi connectivity index (χ1) is 15.2. The van der Waals surface area contributed by atoms with Crippen molar-refractivity contribution in [2.75, 3.05) is 26.5 Å². The van der Waals surface area contributed by atoms with E-state index in [1.165, 1.54) is 23.9 Å². The van der Waals surface area contributed by atoms with Crippen LogP contribution in [-0.2, 0) is 15.6 Å². The Morgan fingerprint density at radius 1 is 1.22 bits per heavy atom. The lowest BCUT2D eigenvalue weighted by atomic mass is 10.2. The second-order valence-corrected chi connectivity index (χ2v) is 10.2. The molecule has 0 aliphatic heterocycles. The number of thioether (sulfide) groups is 1. The van der Waals surface area contributed by atoms with Gasteiger partial charge in [0, 0.05) is 37.9 Å². The lowest BCUT2D eigenvalue weighted by Gasteiger charge is -2.18. The first-order valence-electron chi connectivity index (χ1n) is 9.92. The Labute approximate surface area is 191 Å². The Morgan fingerprint density at radius 3 is 2.75 bits per heavy atom. The molecule has 0 saturated heterocycles. The zero-order valence-corrected chi connectivity index (χ0v) is 19.8. The number of pyridine rings is 1. The van der Waals surface area contributed by atoms with Crippen LogP contribution in [0.3, 0.4) is 0 Å². The van der Waals surface area contributed by atoms with E-state index >= 15 is 0 Å². The van der Waals surface area contributed by atoms with E-state index < -0.39 is 9.84 Å². The highest BCUT2D eigenvalue weighted by atomic mass is 32.2. The second kappa shape index (κ2) is 10.6. The largest absolute Gasteiger partial charge is 0.493 e. The third kappa shape index (κ3) is 6.57. The molecule has 2 aromatic heterocycles. The van der Waals surface area contributed by atoms with Crippen molar-refractivity contribution < 1.29 is 22.5 Å². The van der Waals surface area contributed by atoms with Crippen molar-refractivity contribution in [3.63, 3.8) is 0 Å². The molecule has 3 aromatic rings. The van der Waals surface area contributed by atoms with E-state index in [1.807, 2.05) is 13.0 Å². The van der Waals surface area contributed by atoms with Gasteiger partial charge in [0.05, 0.1) is 22.8 Å². The maximum absolute atomic E-state index is 12.9. The first kappa shape index (κ1) is 23.8. The molecule has 0 radical (unpaired) electrons. The molecule has 0 atom stereocenters. The quantitative estimate of drug-likeness (QED) is 0.324. The third-order valence-corrected chi connectivity index (χ3v) is 6.67. The number of rotatable bonds is 10. The number of amides is 1. The van der Waals surface area contributed by atoms with Gasteiger partial charge in [0.15, 0.2) is 9.84 Å². The summed E-state index contributed by atoms with van der Waals surface area (Å²) in [5.74, 6) is 1.65. The smallest absolute Gasteiger partial charge is 0.256 e. The van der Waals surface area contributed by atoms with Crippen molar-refractivity contribution in [1.82, 2.24) is 15.0 Å². The van der Waals surface area contributed by atoms with Crippen molar-refractivity contribution >= 4 is 27.5 Å². The summed E-state index contributed by atoms with van der Waals surface area (Å²) in [7, 11) is -1.56. The van der Waals surface area contributed by atoms with Crippen LogP contribution in [0.4, 0.5) is 0 Å². The Balaban J connectivity index is 1.52. The van der Waals surface area contributed by atoms with Gasteiger partial charge >= 0.3 is 0 Å². The lowest BCUT2D eigenvalue weighted by Crippen LogP contribution is -2.29. The van der Waals surface area contributed by atoms with Gasteiger partial charge < -0.3 is 14.2 Å². The number of benzene rings is 1. The van der Waals surface area contributed by atoms with Gasteiger partial charge in [0.2, 0.25) is 0 Å². The molecular weight excluding hydrogens is 450 g/mol. The molecule has 0 N–H and O–H groups in total. The lowest BCUT2D eigenvalue weighted by molar-refractivity contribution is 0.0783. The minimum Gasteiger partial charge on any atom is -0.493 e. The molecule has 170 valence electrons. The minimum absolute atomic E-state index is 0.129. The fraction of sp³-hybridized carbons (Fsp3) is 0.318. The summed E-state index contributed by atoms with van der Waals surface area (Å²) >= 11 is 1.43. The van der Waals surface area contributed by atoms with Gasteiger partial charge in [-0.1, -0.05) is 23.0 Å². The summed E-state index contributed by atoms with van der Waals surface area (Å²) in [6.45, 7) is 2.66. The maximum atomic E-state index is 12.9. The SMILES string of the molecule is Cc1cc(CSc2ncccc2C(=O)N(C)CCCOc2cccc(S(C)(=O)=O)c2)no1. The summed E-state index contributed by atoms with van der Waals surface area (Å²) in [4.78, 5) is 19.1. The fourth-order valence-corrected chi connectivity index (χ4v) is 4.41. The van der Waals surface area contributed by atoms with Gasteiger partial charge in [-0.3, -0.25) is 4.79 Å². The van der Waals surface area contributed by atoms with E-state index in [0.717, 1.165) is 17.7 Å². The normalized spacial score (nSPS) is 11.3. The molecule has 1 amide bonds. The Bertz CT molecular complexity index is 1180. The molecule has 0 saturated carbocycles. The van der Waals surface area contributed by atoms with Crippen molar-refractivity contribution in [2.24, 2.45) is 0 Å². The molecule has 0 fully saturated rings. The number of nitrogens with zero attached hydrogens (tertiary/aromatic N) is 3. The van der Waals surface area contributed by atoms with E-state index in [4.69, 9.17) is 9.26 Å². The number of aryl methyl sites for hydroxylation is 1. The molecule has 32 heavy (non-hydrogen) atoms. The molecule has 0 aliphatic rings. The molecule has 3 rings (SSSR count). The van der Waals surface area contributed by atoms with Crippen LogP contribution < -0.4 is 4.74 Å². The van der Waals surface area contributed by atoms with Crippen LogP contribution in [0.5, 0.6) is 5.75 Å². The summed E-state index contributed by atoms with van der Waals surface area (Å²) in [6, 6.07) is 11.7. The summed E-state index contributed by atoms with van der Waals surface area (Å²) in [5, 5.41) is 4.61. The maximum Gasteiger partial charge on any atom is 0.256 e. The average molecular weight is 476 g/mol. The highest BCUT2D eigenvalue weighted by molar-refractivity contribution is 7.98. The molecule has 1 aromatic carbocycles. The zero-order valence-electron chi connectivity index (χ0n) is 18.1. The number of sulfone groups is 1. The molecule has 0 unspecified atom stereocenters. The molecule has 10 heteroatoms. The van der Waals surface area contributed by atoms with Gasteiger partial charge in [0.1, 0.15) is 16.5 Å². The first-order valence-corrected chi connectivity index (χ1v) is 12.8. The predicted octanol–water partition coefficient (Wildman–Crippen LogP) is 3.61. The third-order valence-electron chi connectivity index (χ3n) is 4.52. The Hall–Kier alpha value is -2.85. The van der Waals surface area contributed by atoms with Crippen LogP contribution >= 0.6 is 11.8 Å². The molecule has 8 nitrogen and oxygen atoms in total. The summed E-state index contributed by atoms with van der Waals surface area (Å²) < 4.78 is 34.0. The monoisotopic (exact) mass is 475 g/mol. The number of carbonyl (C=O) groups is 1. The Kier molecular flexibility index (Phi) is 7.92. The predicted molar refractivity (Wildman–Crippen MR) is 122 cm³/mol. The number of hydrogen-bond donors (Lipinski definition) is 0. The van der Waals surface area contributed by atoms with Crippen molar-refractivity contribution in [2.45, 2.75) is 29.0 Å². The number of aromatic nitrogens is 2. The van der Waals surface area contributed by atoms with Crippen LogP contribution in [0.1, 0.15) is 28.2 Å². The van der Waals surface area contributed by atoms with E-state index in [0.29, 0.717) is 41.7 Å². The standard InChI is InChI=1S/C22H25N3O5S2/c1-16-13-17(24-30-16)15-31-21-20(9-5-10-23-21)22(26)25(2)11-6-12-29-18-7-4-8-19(14-18)32(3,27)28/h4-5,7-10,13-14H,6,11-12,15H2,1-3H3. The molecular formula is C22H25N3O5S2. The molecule has 0 aliphatic carbocycles. The van der Waals surface area contributed by atoms with Crippen molar-refractivity contribution in [3.8, 4) is 5.75 Å². The van der Waals surface area contributed by atoms with Crippen molar-refractivity contribution in [3.05, 3.63) is 65.7 Å². The molecule has 2 heterocycles. The van der Waals surface area contributed by atoms with Crippen LogP contribution in [-0.4, -0.2) is 55.8 Å². The average Bonchev–Trinajstić information content (AvgIpc) is 3.19. The minimum atomic E-state index is -3.29. The van der Waals surface area contributed by atoms with E-state index in [9.17, 15) is 13.2 Å². The van der Waals surface area contributed by atoms with Gasteiger partial charge in [-0.05, 0) is 43.7 Å². The highest BCUT2D eigenvalue weighted by Gasteiger charge is 2.17. The second-order valence-electron chi connectivity index (χ2n) is 7.25. The van der Waals surface area contributed by atoms with Crippen LogP contribution in [0.25, 0.3) is 0 Å². The Morgan fingerprint density at radius 2 is 2.03 bits per heavy atom. The topological polar surface area (TPSA) is 103 Å². The fourth-order valence-electron chi connectivity index (χ4n) is 2.89. The highest BCUT2D eigenvalue weighted by Crippen LogP contribution is 2.25. The van der Waals surface area contributed by atoms with Crippen LogP contribution in [0.15, 0.2) is 63.1 Å². The summed E-state index contributed by atoms with van der Waals surface area (Å²) in [5.41, 5.74) is 1.32.